The van der Waals surface area contributed by atoms with Crippen LogP contribution in [0, 0.1) is 0 Å². The van der Waals surface area contributed by atoms with Crippen LogP contribution in [0.4, 0.5) is 0 Å². The molecule has 0 radical (unpaired) electrons. The van der Waals surface area contributed by atoms with Crippen LogP contribution in [-0.4, -0.2) is 48.4 Å². The van der Waals surface area contributed by atoms with Gasteiger partial charge in [0.25, 0.3) is 10.0 Å². The van der Waals surface area contributed by atoms with Crippen molar-refractivity contribution in [1.29, 1.82) is 0 Å². The first kappa shape index (κ1) is 14.4. The van der Waals surface area contributed by atoms with Gasteiger partial charge in [-0.15, -0.1) is 0 Å². The van der Waals surface area contributed by atoms with Crippen LogP contribution in [0.25, 0.3) is 0 Å². The minimum atomic E-state index is -3.51. The predicted molar refractivity (Wildman–Crippen MR) is 68.4 cm³/mol. The van der Waals surface area contributed by atoms with E-state index in [2.05, 4.69) is 4.98 Å². The molecule has 0 saturated carbocycles. The van der Waals surface area contributed by atoms with E-state index in [-0.39, 0.29) is 11.6 Å². The molecule has 1 rings (SSSR count). The summed E-state index contributed by atoms with van der Waals surface area (Å²) in [6, 6.07) is 2.97. The van der Waals surface area contributed by atoms with E-state index in [0.717, 1.165) is 5.75 Å². The third-order valence-electron chi connectivity index (χ3n) is 2.27. The fraction of sp³-hybridized carbons (Fsp3) is 0.500. The van der Waals surface area contributed by atoms with Gasteiger partial charge in [-0.05, 0) is 17.9 Å². The third-order valence-corrected chi connectivity index (χ3v) is 4.63. The van der Waals surface area contributed by atoms with Crippen LogP contribution in [-0.2, 0) is 16.6 Å². The zero-order chi connectivity index (χ0) is 12.9. The molecule has 1 aromatic heterocycles. The zero-order valence-corrected chi connectivity index (χ0v) is 11.5. The van der Waals surface area contributed by atoms with E-state index in [1.54, 1.807) is 17.8 Å². The highest BCUT2D eigenvalue weighted by atomic mass is 32.2. The van der Waals surface area contributed by atoms with Crippen LogP contribution in [0.3, 0.4) is 0 Å². The fourth-order valence-electron chi connectivity index (χ4n) is 1.16. The molecule has 0 unspecified atom stereocenters. The molecule has 1 heterocycles. The van der Waals surface area contributed by atoms with Crippen LogP contribution in [0.1, 0.15) is 5.56 Å². The van der Waals surface area contributed by atoms with E-state index in [0.29, 0.717) is 12.1 Å². The Kier molecular flexibility index (Phi) is 5.38. The number of hydrogen-bond donors (Lipinski definition) is 1. The van der Waals surface area contributed by atoms with Gasteiger partial charge in [0, 0.05) is 25.5 Å². The number of hydrogen-bond acceptors (Lipinski definition) is 5. The first-order valence-corrected chi connectivity index (χ1v) is 7.87. The second-order valence-electron chi connectivity index (χ2n) is 3.48. The van der Waals surface area contributed by atoms with Crippen molar-refractivity contribution in [1.82, 2.24) is 9.29 Å². The summed E-state index contributed by atoms with van der Waals surface area (Å²) < 4.78 is 25.3. The highest BCUT2D eigenvalue weighted by Gasteiger charge is 2.21. The molecule has 0 amide bonds. The van der Waals surface area contributed by atoms with E-state index < -0.39 is 10.0 Å². The van der Waals surface area contributed by atoms with Crippen molar-refractivity contribution in [3.8, 4) is 0 Å². The van der Waals surface area contributed by atoms with Crippen molar-refractivity contribution in [2.45, 2.75) is 11.6 Å². The number of rotatable bonds is 6. The summed E-state index contributed by atoms with van der Waals surface area (Å²) in [5, 5.41) is 8.87. The summed E-state index contributed by atoms with van der Waals surface area (Å²) in [5.74, 6) is 0.741. The molecule has 0 saturated heterocycles. The molecule has 0 spiro atoms. The minimum absolute atomic E-state index is 0.0123. The van der Waals surface area contributed by atoms with Crippen LogP contribution in [0.15, 0.2) is 23.4 Å². The third kappa shape index (κ3) is 3.67. The summed E-state index contributed by atoms with van der Waals surface area (Å²) in [5.41, 5.74) is 0.593. The predicted octanol–water partition coefficient (Wildman–Crippen LogP) is 0.557. The average molecular weight is 276 g/mol. The average Bonchev–Trinajstić information content (AvgIpc) is 2.35. The van der Waals surface area contributed by atoms with E-state index in [1.807, 2.05) is 6.26 Å². The number of aliphatic hydroxyl groups is 1. The number of nitrogens with zero attached hydrogens (tertiary/aromatic N) is 2. The van der Waals surface area contributed by atoms with Crippen molar-refractivity contribution in [3.05, 3.63) is 23.9 Å². The highest BCUT2D eigenvalue weighted by molar-refractivity contribution is 7.98. The second-order valence-corrected chi connectivity index (χ2v) is 6.46. The number of aromatic nitrogens is 1. The number of sulfonamides is 1. The second kappa shape index (κ2) is 6.34. The Balaban J connectivity index is 2.88. The quantitative estimate of drug-likeness (QED) is 0.822. The van der Waals surface area contributed by atoms with Gasteiger partial charge >= 0.3 is 0 Å². The Bertz CT molecular complexity index is 445. The molecular weight excluding hydrogens is 260 g/mol. The molecule has 7 heteroatoms. The molecule has 1 aromatic rings. The Labute approximate surface area is 106 Å². The van der Waals surface area contributed by atoms with Gasteiger partial charge < -0.3 is 5.11 Å². The number of pyridine rings is 1. The van der Waals surface area contributed by atoms with E-state index >= 15 is 0 Å². The summed E-state index contributed by atoms with van der Waals surface area (Å²) >= 11 is 1.59. The van der Waals surface area contributed by atoms with Crippen molar-refractivity contribution in [2.75, 3.05) is 25.6 Å². The van der Waals surface area contributed by atoms with E-state index in [9.17, 15) is 8.42 Å². The molecule has 1 N–H and O–H groups in total. The van der Waals surface area contributed by atoms with Crippen molar-refractivity contribution < 1.29 is 13.5 Å². The lowest BCUT2D eigenvalue weighted by Gasteiger charge is -2.15. The van der Waals surface area contributed by atoms with Crippen LogP contribution in [0.5, 0.6) is 0 Å². The van der Waals surface area contributed by atoms with Gasteiger partial charge in [0.1, 0.15) is 0 Å². The van der Waals surface area contributed by atoms with Gasteiger partial charge in [-0.25, -0.2) is 13.4 Å². The largest absolute Gasteiger partial charge is 0.392 e. The topological polar surface area (TPSA) is 70.5 Å². The number of aliphatic hydroxyl groups excluding tert-OH is 1. The lowest BCUT2D eigenvalue weighted by Crippen LogP contribution is -2.29. The van der Waals surface area contributed by atoms with Crippen LogP contribution < -0.4 is 0 Å². The highest BCUT2D eigenvalue weighted by Crippen LogP contribution is 2.12. The van der Waals surface area contributed by atoms with E-state index in [1.165, 1.54) is 23.6 Å². The number of thioether (sulfide) groups is 1. The van der Waals surface area contributed by atoms with E-state index in [4.69, 9.17) is 5.11 Å². The van der Waals surface area contributed by atoms with Gasteiger partial charge in [0.15, 0.2) is 5.03 Å². The summed E-state index contributed by atoms with van der Waals surface area (Å²) in [4.78, 5) is 3.85. The fourth-order valence-corrected chi connectivity index (χ4v) is 2.81. The molecule has 0 aliphatic carbocycles. The Morgan fingerprint density at radius 2 is 2.18 bits per heavy atom. The lowest BCUT2D eigenvalue weighted by molar-refractivity contribution is 0.281. The standard InChI is InChI=1S/C10H16N2O3S2/c1-12(5-6-16-2)17(14,15)10-4-3-9(8-13)7-11-10/h3-4,7,13H,5-6,8H2,1-2H3. The van der Waals surface area contributed by atoms with Crippen molar-refractivity contribution in [2.24, 2.45) is 0 Å². The summed E-state index contributed by atoms with van der Waals surface area (Å²) in [6.45, 7) is 0.308. The normalized spacial score (nSPS) is 12.0. The molecule has 0 aliphatic rings. The lowest BCUT2D eigenvalue weighted by atomic mass is 10.3. The molecule has 5 nitrogen and oxygen atoms in total. The molecule has 17 heavy (non-hydrogen) atoms. The maximum Gasteiger partial charge on any atom is 0.260 e. The SMILES string of the molecule is CSCCN(C)S(=O)(=O)c1ccc(CO)cn1. The molecular formula is C10H16N2O3S2. The molecule has 0 aliphatic heterocycles. The molecule has 0 aromatic carbocycles. The van der Waals surface area contributed by atoms with Crippen LogP contribution >= 0.6 is 11.8 Å². The van der Waals surface area contributed by atoms with Crippen molar-refractivity contribution in [3.63, 3.8) is 0 Å². The van der Waals surface area contributed by atoms with Gasteiger partial charge in [-0.1, -0.05) is 6.07 Å². The maximum atomic E-state index is 12.0. The summed E-state index contributed by atoms with van der Waals surface area (Å²) in [6.07, 6.45) is 3.30. The zero-order valence-electron chi connectivity index (χ0n) is 9.83. The monoisotopic (exact) mass is 276 g/mol. The van der Waals surface area contributed by atoms with Gasteiger partial charge in [-0.3, -0.25) is 0 Å². The minimum Gasteiger partial charge on any atom is -0.392 e. The Morgan fingerprint density at radius 3 is 2.65 bits per heavy atom. The first-order chi connectivity index (χ1) is 8.02. The van der Waals surface area contributed by atoms with Crippen LogP contribution in [0.2, 0.25) is 0 Å². The molecule has 0 bridgehead atoms. The first-order valence-electron chi connectivity index (χ1n) is 5.03. The van der Waals surface area contributed by atoms with Gasteiger partial charge in [0.2, 0.25) is 0 Å². The molecule has 0 fully saturated rings. The Morgan fingerprint density at radius 1 is 1.47 bits per heavy atom. The van der Waals surface area contributed by atoms with Crippen molar-refractivity contribution >= 4 is 21.8 Å². The van der Waals surface area contributed by atoms with Gasteiger partial charge in [0.05, 0.1) is 6.61 Å². The smallest absolute Gasteiger partial charge is 0.260 e. The molecule has 96 valence electrons. The summed E-state index contributed by atoms with van der Waals surface area (Å²) in [7, 11) is -1.97. The molecule has 0 atom stereocenters. The van der Waals surface area contributed by atoms with Gasteiger partial charge in [-0.2, -0.15) is 16.1 Å². The maximum absolute atomic E-state index is 12.0. The Hall–Kier alpha value is -0.630.